The molecule has 3 N–H and O–H groups in total. The molecule has 1 aliphatic rings. The van der Waals surface area contributed by atoms with Crippen LogP contribution in [0.5, 0.6) is 0 Å². The first-order valence-electron chi connectivity index (χ1n) is 5.06. The number of carboxylic acid groups (broad SMARTS) is 1. The molecule has 88 valence electrons. The Morgan fingerprint density at radius 3 is 2.31 bits per heavy atom. The first kappa shape index (κ1) is 12.2. The number of hydrogen-bond donors (Lipinski definition) is 3. The van der Waals surface area contributed by atoms with Crippen LogP contribution in [0.25, 0.3) is 0 Å². The van der Waals surface area contributed by atoms with Crippen LogP contribution < -0.4 is 10.6 Å². The van der Waals surface area contributed by atoms with Crippen molar-refractivity contribution in [3.05, 3.63) is 12.2 Å². The van der Waals surface area contributed by atoms with Gasteiger partial charge in [0.05, 0.1) is 0 Å². The van der Waals surface area contributed by atoms with Crippen molar-refractivity contribution in [3.63, 3.8) is 0 Å². The van der Waals surface area contributed by atoms with Crippen LogP contribution in [-0.4, -0.2) is 36.0 Å². The lowest BCUT2D eigenvalue weighted by molar-refractivity contribution is -0.131. The Kier molecular flexibility index (Phi) is 4.50. The van der Waals surface area contributed by atoms with Gasteiger partial charge < -0.3 is 15.7 Å². The third-order valence-electron chi connectivity index (χ3n) is 2.05. The molecular weight excluding hydrogens is 212 g/mol. The summed E-state index contributed by atoms with van der Waals surface area (Å²) >= 11 is 0. The molecule has 0 saturated heterocycles. The molecule has 0 bridgehead atoms. The highest BCUT2D eigenvalue weighted by Crippen LogP contribution is 2.28. The minimum absolute atomic E-state index is 0.0235. The van der Waals surface area contributed by atoms with Crippen molar-refractivity contribution in [1.29, 1.82) is 0 Å². The van der Waals surface area contributed by atoms with E-state index in [0.29, 0.717) is 13.1 Å². The van der Waals surface area contributed by atoms with Crippen molar-refractivity contribution < 1.29 is 19.5 Å². The van der Waals surface area contributed by atoms with Gasteiger partial charge in [-0.25, -0.2) is 4.79 Å². The molecule has 1 fully saturated rings. The molecule has 0 atom stereocenters. The fourth-order valence-corrected chi connectivity index (χ4v) is 1.07. The summed E-state index contributed by atoms with van der Waals surface area (Å²) in [5, 5.41) is 13.4. The fraction of sp³-hybridized carbons (Fsp3) is 0.500. The third-order valence-corrected chi connectivity index (χ3v) is 2.05. The molecular formula is C10H14N2O4. The van der Waals surface area contributed by atoms with Crippen LogP contribution in [0, 0.1) is 5.92 Å². The molecule has 16 heavy (non-hydrogen) atoms. The summed E-state index contributed by atoms with van der Waals surface area (Å²) < 4.78 is 0. The molecule has 0 spiro atoms. The highest BCUT2D eigenvalue weighted by molar-refractivity contribution is 5.93. The lowest BCUT2D eigenvalue weighted by Crippen LogP contribution is -2.34. The van der Waals surface area contributed by atoms with E-state index in [9.17, 15) is 14.4 Å². The standard InChI is InChI=1S/C10H14N2O4/c13-8(3-4-9(14)15)11-5-6-12-10(16)7-1-2-7/h3-4,7H,1-2,5-6H2,(H,11,13)(H,12,16)(H,14,15)/b4-3+. The summed E-state index contributed by atoms with van der Waals surface area (Å²) in [7, 11) is 0. The van der Waals surface area contributed by atoms with Crippen molar-refractivity contribution >= 4 is 17.8 Å². The maximum atomic E-state index is 11.1. The van der Waals surface area contributed by atoms with Crippen LogP contribution in [-0.2, 0) is 14.4 Å². The van der Waals surface area contributed by atoms with Crippen LogP contribution in [0.2, 0.25) is 0 Å². The van der Waals surface area contributed by atoms with Gasteiger partial charge in [0.1, 0.15) is 0 Å². The molecule has 0 aromatic carbocycles. The number of rotatable bonds is 6. The van der Waals surface area contributed by atoms with E-state index in [0.717, 1.165) is 25.0 Å². The second kappa shape index (κ2) is 5.89. The van der Waals surface area contributed by atoms with E-state index in [2.05, 4.69) is 10.6 Å². The number of nitrogens with one attached hydrogen (secondary N) is 2. The van der Waals surface area contributed by atoms with Gasteiger partial charge in [-0.3, -0.25) is 9.59 Å². The molecule has 0 radical (unpaired) electrons. The zero-order chi connectivity index (χ0) is 12.0. The number of amides is 2. The van der Waals surface area contributed by atoms with Gasteiger partial charge in [-0.15, -0.1) is 0 Å². The molecule has 0 aromatic rings. The van der Waals surface area contributed by atoms with Gasteiger partial charge in [0.15, 0.2) is 0 Å². The summed E-state index contributed by atoms with van der Waals surface area (Å²) in [4.78, 5) is 32.2. The number of hydrogen-bond acceptors (Lipinski definition) is 3. The average Bonchev–Trinajstić information content (AvgIpc) is 3.04. The highest BCUT2D eigenvalue weighted by Gasteiger charge is 2.28. The number of carboxylic acids is 1. The first-order valence-corrected chi connectivity index (χ1v) is 5.06. The lowest BCUT2D eigenvalue weighted by atomic mass is 10.4. The second-order valence-electron chi connectivity index (χ2n) is 3.53. The lowest BCUT2D eigenvalue weighted by Gasteiger charge is -2.04. The molecule has 0 aromatic heterocycles. The van der Waals surface area contributed by atoms with Crippen molar-refractivity contribution in [2.45, 2.75) is 12.8 Å². The largest absolute Gasteiger partial charge is 0.478 e. The molecule has 0 aliphatic heterocycles. The van der Waals surface area contributed by atoms with Crippen molar-refractivity contribution in [2.75, 3.05) is 13.1 Å². The first-order chi connectivity index (χ1) is 7.59. The van der Waals surface area contributed by atoms with E-state index in [1.54, 1.807) is 0 Å². The van der Waals surface area contributed by atoms with Crippen LogP contribution in [0.3, 0.4) is 0 Å². The van der Waals surface area contributed by atoms with Crippen molar-refractivity contribution in [2.24, 2.45) is 5.92 Å². The SMILES string of the molecule is O=C(O)/C=C/C(=O)NCCNC(=O)C1CC1. The maximum absolute atomic E-state index is 11.1. The minimum atomic E-state index is -1.17. The monoisotopic (exact) mass is 226 g/mol. The van der Waals surface area contributed by atoms with E-state index in [4.69, 9.17) is 5.11 Å². The van der Waals surface area contributed by atoms with E-state index < -0.39 is 11.9 Å². The summed E-state index contributed by atoms with van der Waals surface area (Å²) in [5.74, 6) is -1.47. The molecule has 0 unspecified atom stereocenters. The summed E-state index contributed by atoms with van der Waals surface area (Å²) in [6.07, 6.45) is 3.59. The normalized spacial score (nSPS) is 14.8. The molecule has 1 rings (SSSR count). The quantitative estimate of drug-likeness (QED) is 0.411. The van der Waals surface area contributed by atoms with Crippen LogP contribution in [0.4, 0.5) is 0 Å². The molecule has 6 nitrogen and oxygen atoms in total. The van der Waals surface area contributed by atoms with Crippen LogP contribution in [0.15, 0.2) is 12.2 Å². The van der Waals surface area contributed by atoms with Crippen LogP contribution >= 0.6 is 0 Å². The Bertz CT molecular complexity index is 321. The third kappa shape index (κ3) is 5.14. The van der Waals surface area contributed by atoms with Crippen molar-refractivity contribution in [3.8, 4) is 0 Å². The van der Waals surface area contributed by atoms with Gasteiger partial charge in [0, 0.05) is 31.2 Å². The Hall–Kier alpha value is -1.85. The summed E-state index contributed by atoms with van der Waals surface area (Å²) in [6, 6.07) is 0. The van der Waals surface area contributed by atoms with Crippen LogP contribution in [0.1, 0.15) is 12.8 Å². The predicted octanol–water partition coefficient (Wildman–Crippen LogP) is -0.730. The van der Waals surface area contributed by atoms with Gasteiger partial charge in [-0.05, 0) is 12.8 Å². The average molecular weight is 226 g/mol. The molecule has 6 heteroatoms. The minimum Gasteiger partial charge on any atom is -0.478 e. The zero-order valence-electron chi connectivity index (χ0n) is 8.73. The number of carbonyl (C=O) groups is 3. The second-order valence-corrected chi connectivity index (χ2v) is 3.53. The number of carbonyl (C=O) groups excluding carboxylic acids is 2. The summed E-state index contributed by atoms with van der Waals surface area (Å²) in [5.41, 5.74) is 0. The fourth-order valence-electron chi connectivity index (χ4n) is 1.07. The Morgan fingerprint density at radius 1 is 1.12 bits per heavy atom. The van der Waals surface area contributed by atoms with E-state index in [1.165, 1.54) is 0 Å². The van der Waals surface area contributed by atoms with Crippen molar-refractivity contribution in [1.82, 2.24) is 10.6 Å². The topological polar surface area (TPSA) is 95.5 Å². The van der Waals surface area contributed by atoms with E-state index in [-0.39, 0.29) is 11.8 Å². The zero-order valence-corrected chi connectivity index (χ0v) is 8.73. The van der Waals surface area contributed by atoms with Gasteiger partial charge in [-0.1, -0.05) is 0 Å². The highest BCUT2D eigenvalue weighted by atomic mass is 16.4. The Labute approximate surface area is 92.7 Å². The molecule has 2 amide bonds. The Balaban J connectivity index is 2.03. The van der Waals surface area contributed by atoms with E-state index >= 15 is 0 Å². The predicted molar refractivity (Wildman–Crippen MR) is 55.5 cm³/mol. The van der Waals surface area contributed by atoms with Gasteiger partial charge in [0.25, 0.3) is 0 Å². The smallest absolute Gasteiger partial charge is 0.328 e. The molecule has 0 heterocycles. The van der Waals surface area contributed by atoms with Gasteiger partial charge >= 0.3 is 5.97 Å². The molecule has 1 aliphatic carbocycles. The number of aliphatic carboxylic acids is 1. The summed E-state index contributed by atoms with van der Waals surface area (Å²) in [6.45, 7) is 0.656. The van der Waals surface area contributed by atoms with Gasteiger partial charge in [0.2, 0.25) is 11.8 Å². The van der Waals surface area contributed by atoms with E-state index in [1.807, 2.05) is 0 Å². The Morgan fingerprint density at radius 2 is 1.75 bits per heavy atom. The maximum Gasteiger partial charge on any atom is 0.328 e. The van der Waals surface area contributed by atoms with Gasteiger partial charge in [-0.2, -0.15) is 0 Å². The molecule has 1 saturated carbocycles.